The van der Waals surface area contributed by atoms with Gasteiger partial charge in [-0.05, 0) is 41.2 Å². The van der Waals surface area contributed by atoms with Crippen molar-refractivity contribution in [2.24, 2.45) is 0 Å². The van der Waals surface area contributed by atoms with Crippen molar-refractivity contribution < 1.29 is 9.90 Å². The molecule has 0 aliphatic carbocycles. The molecule has 0 atom stereocenters. The third-order valence-electron chi connectivity index (χ3n) is 2.96. The number of aryl methyl sites for hydroxylation is 2. The van der Waals surface area contributed by atoms with Crippen molar-refractivity contribution in [3.63, 3.8) is 0 Å². The van der Waals surface area contributed by atoms with Crippen LogP contribution in [-0.2, 0) is 16.6 Å². The molecule has 1 aromatic carbocycles. The lowest BCUT2D eigenvalue weighted by atomic mass is 9.85. The van der Waals surface area contributed by atoms with Crippen molar-refractivity contribution in [1.82, 2.24) is 0 Å². The van der Waals surface area contributed by atoms with Crippen molar-refractivity contribution in [2.45, 2.75) is 39.5 Å². The molecule has 1 rings (SSSR count). The molecule has 1 N–H and O–H groups in total. The fourth-order valence-electron chi connectivity index (χ4n) is 1.75. The summed E-state index contributed by atoms with van der Waals surface area (Å²) in [7, 11) is 0. The fraction of sp³-hybridized carbons (Fsp3) is 0.533. The molecular weight excluding hydrogens is 244 g/mol. The Morgan fingerprint density at radius 2 is 2.00 bits per heavy atom. The maximum atomic E-state index is 10.4. The summed E-state index contributed by atoms with van der Waals surface area (Å²) in [5.41, 5.74) is 4.13. The normalized spacial score (nSPS) is 11.6. The number of thioether (sulfide) groups is 1. The van der Waals surface area contributed by atoms with Crippen LogP contribution in [0.2, 0.25) is 0 Å². The molecule has 0 aliphatic heterocycles. The first-order valence-electron chi connectivity index (χ1n) is 6.20. The first-order valence-corrected chi connectivity index (χ1v) is 7.35. The van der Waals surface area contributed by atoms with E-state index in [9.17, 15) is 4.79 Å². The number of carboxylic acids is 1. The Balaban J connectivity index is 2.67. The van der Waals surface area contributed by atoms with Crippen molar-refractivity contribution in [3.05, 3.63) is 34.9 Å². The topological polar surface area (TPSA) is 37.3 Å². The highest BCUT2D eigenvalue weighted by atomic mass is 32.2. The van der Waals surface area contributed by atoms with E-state index < -0.39 is 5.97 Å². The molecule has 0 amide bonds. The van der Waals surface area contributed by atoms with Crippen molar-refractivity contribution in [3.8, 4) is 0 Å². The summed E-state index contributed by atoms with van der Waals surface area (Å²) < 4.78 is 0. The third-order valence-corrected chi connectivity index (χ3v) is 3.90. The quantitative estimate of drug-likeness (QED) is 0.827. The van der Waals surface area contributed by atoms with Crippen LogP contribution in [0.25, 0.3) is 0 Å². The zero-order valence-corrected chi connectivity index (χ0v) is 12.4. The van der Waals surface area contributed by atoms with Gasteiger partial charge in [-0.1, -0.05) is 39.0 Å². The van der Waals surface area contributed by atoms with Crippen LogP contribution in [0, 0.1) is 6.92 Å². The van der Waals surface area contributed by atoms with E-state index in [0.717, 1.165) is 12.2 Å². The molecule has 0 radical (unpaired) electrons. The first-order chi connectivity index (χ1) is 8.30. The van der Waals surface area contributed by atoms with E-state index in [1.165, 1.54) is 28.5 Å². The molecule has 0 aliphatic rings. The highest BCUT2D eigenvalue weighted by Crippen LogP contribution is 2.25. The minimum absolute atomic E-state index is 0.163. The maximum Gasteiger partial charge on any atom is 0.313 e. The highest BCUT2D eigenvalue weighted by molar-refractivity contribution is 7.99. The Kier molecular flexibility index (Phi) is 5.27. The van der Waals surface area contributed by atoms with Gasteiger partial charge in [0.05, 0.1) is 5.75 Å². The van der Waals surface area contributed by atoms with Crippen molar-refractivity contribution in [1.29, 1.82) is 0 Å². The lowest BCUT2D eigenvalue weighted by Gasteiger charge is -2.20. The molecule has 0 fully saturated rings. The molecule has 18 heavy (non-hydrogen) atoms. The molecule has 3 heteroatoms. The molecule has 0 aromatic heterocycles. The average Bonchev–Trinajstić information content (AvgIpc) is 2.24. The largest absolute Gasteiger partial charge is 0.481 e. The zero-order valence-electron chi connectivity index (χ0n) is 11.6. The fourth-order valence-corrected chi connectivity index (χ4v) is 2.43. The minimum atomic E-state index is -0.736. The molecule has 1 aromatic rings. The van der Waals surface area contributed by atoms with Gasteiger partial charge in [-0.2, -0.15) is 0 Å². The van der Waals surface area contributed by atoms with E-state index in [-0.39, 0.29) is 11.2 Å². The van der Waals surface area contributed by atoms with E-state index in [0.29, 0.717) is 0 Å². The summed E-state index contributed by atoms with van der Waals surface area (Å²) in [6.45, 7) is 8.74. The monoisotopic (exact) mass is 266 g/mol. The number of benzene rings is 1. The van der Waals surface area contributed by atoms with Crippen LogP contribution in [0.3, 0.4) is 0 Å². The summed E-state index contributed by atoms with van der Waals surface area (Å²) in [6.07, 6.45) is 0.938. The van der Waals surface area contributed by atoms with Gasteiger partial charge in [0, 0.05) is 0 Å². The summed E-state index contributed by atoms with van der Waals surface area (Å²) in [6, 6.07) is 6.61. The lowest BCUT2D eigenvalue weighted by Crippen LogP contribution is -2.12. The number of aliphatic carboxylic acids is 1. The van der Waals surface area contributed by atoms with Gasteiger partial charge in [0.25, 0.3) is 0 Å². The molecule has 0 spiro atoms. The van der Waals surface area contributed by atoms with Crippen LogP contribution in [0.4, 0.5) is 0 Å². The second kappa shape index (κ2) is 6.28. The average molecular weight is 266 g/mol. The van der Waals surface area contributed by atoms with Crippen molar-refractivity contribution >= 4 is 17.7 Å². The Hall–Kier alpha value is -0.960. The second-order valence-electron chi connectivity index (χ2n) is 5.59. The van der Waals surface area contributed by atoms with E-state index >= 15 is 0 Å². The van der Waals surface area contributed by atoms with Crippen LogP contribution in [-0.4, -0.2) is 22.6 Å². The Labute approximate surface area is 114 Å². The molecule has 0 unspecified atom stereocenters. The maximum absolute atomic E-state index is 10.4. The van der Waals surface area contributed by atoms with Gasteiger partial charge in [-0.15, -0.1) is 11.8 Å². The van der Waals surface area contributed by atoms with Crippen LogP contribution >= 0.6 is 11.8 Å². The van der Waals surface area contributed by atoms with E-state index in [1.807, 2.05) is 0 Å². The van der Waals surface area contributed by atoms with Crippen LogP contribution in [0.15, 0.2) is 18.2 Å². The zero-order chi connectivity index (χ0) is 13.8. The third kappa shape index (κ3) is 4.73. The summed E-state index contributed by atoms with van der Waals surface area (Å²) in [4.78, 5) is 10.4. The molecule has 0 heterocycles. The molecule has 0 saturated heterocycles. The van der Waals surface area contributed by atoms with Gasteiger partial charge in [0.1, 0.15) is 0 Å². The van der Waals surface area contributed by atoms with Crippen LogP contribution in [0.5, 0.6) is 0 Å². The number of carboxylic acid groups (broad SMARTS) is 1. The van der Waals surface area contributed by atoms with Gasteiger partial charge in [-0.3, -0.25) is 4.79 Å². The predicted octanol–water partition coefficient (Wildman–Crippen LogP) is 3.65. The smallest absolute Gasteiger partial charge is 0.313 e. The highest BCUT2D eigenvalue weighted by Gasteiger charge is 2.14. The van der Waals surface area contributed by atoms with E-state index in [1.54, 1.807) is 0 Å². The summed E-state index contributed by atoms with van der Waals surface area (Å²) in [5.74, 6) is 0.318. The molecule has 100 valence electrons. The molecule has 2 nitrogen and oxygen atoms in total. The van der Waals surface area contributed by atoms with Crippen LogP contribution in [0.1, 0.15) is 37.5 Å². The second-order valence-corrected chi connectivity index (χ2v) is 6.69. The van der Waals surface area contributed by atoms with Crippen LogP contribution < -0.4 is 0 Å². The summed E-state index contributed by atoms with van der Waals surface area (Å²) >= 11 is 1.48. The minimum Gasteiger partial charge on any atom is -0.481 e. The van der Waals surface area contributed by atoms with Gasteiger partial charge in [0.15, 0.2) is 0 Å². The number of rotatable bonds is 5. The SMILES string of the molecule is Cc1ccc(C(C)(C)C)cc1CCSCC(=O)O. The van der Waals surface area contributed by atoms with E-state index in [4.69, 9.17) is 5.11 Å². The molecular formula is C15H22O2S. The van der Waals surface area contributed by atoms with Gasteiger partial charge in [-0.25, -0.2) is 0 Å². The van der Waals surface area contributed by atoms with E-state index in [2.05, 4.69) is 45.9 Å². The van der Waals surface area contributed by atoms with Gasteiger partial charge in [0.2, 0.25) is 0 Å². The number of hydrogen-bond acceptors (Lipinski definition) is 2. The Morgan fingerprint density at radius 3 is 2.56 bits per heavy atom. The molecule has 0 bridgehead atoms. The number of carbonyl (C=O) groups is 1. The predicted molar refractivity (Wildman–Crippen MR) is 78.5 cm³/mol. The van der Waals surface area contributed by atoms with Crippen molar-refractivity contribution in [2.75, 3.05) is 11.5 Å². The Bertz CT molecular complexity index is 419. The summed E-state index contributed by atoms with van der Waals surface area (Å²) in [5, 5.41) is 8.60. The lowest BCUT2D eigenvalue weighted by molar-refractivity contribution is -0.133. The Morgan fingerprint density at radius 1 is 1.33 bits per heavy atom. The standard InChI is InChI=1S/C15H22O2S/c1-11-5-6-13(15(2,3)4)9-12(11)7-8-18-10-14(16)17/h5-6,9H,7-8,10H2,1-4H3,(H,16,17). The van der Waals surface area contributed by atoms with Gasteiger partial charge < -0.3 is 5.11 Å². The first kappa shape index (κ1) is 15.1. The molecule has 0 saturated carbocycles. The van der Waals surface area contributed by atoms with Gasteiger partial charge >= 0.3 is 5.97 Å². The number of hydrogen-bond donors (Lipinski definition) is 1.